The molecule has 0 nitrogen and oxygen atoms in total. The maximum Gasteiger partial charge on any atom is 0.129 e. The van der Waals surface area contributed by atoms with Gasteiger partial charge in [-0.1, -0.05) is 91.4 Å². The topological polar surface area (TPSA) is 0 Å². The lowest BCUT2D eigenvalue weighted by Crippen LogP contribution is -2.17. The normalized spacial score (nSPS) is 17.6. The summed E-state index contributed by atoms with van der Waals surface area (Å²) in [6, 6.07) is 0. The Morgan fingerprint density at radius 3 is 1.48 bits per heavy atom. The van der Waals surface area contributed by atoms with E-state index in [2.05, 4.69) is 97.0 Å². The summed E-state index contributed by atoms with van der Waals surface area (Å²) < 4.78 is 0. The second kappa shape index (κ2) is 6.01. The molecule has 1 heteroatoms. The van der Waals surface area contributed by atoms with Crippen molar-refractivity contribution in [2.75, 3.05) is 0 Å². The number of rotatable bonds is 0. The molecule has 0 spiro atoms. The van der Waals surface area contributed by atoms with Crippen LogP contribution in [0.1, 0.15) is 41.5 Å². The fourth-order valence-corrected chi connectivity index (χ4v) is 2.71. The summed E-state index contributed by atoms with van der Waals surface area (Å²) >= 11 is 0. The van der Waals surface area contributed by atoms with E-state index < -0.39 is 8.07 Å². The first-order chi connectivity index (χ1) is 9.29. The van der Waals surface area contributed by atoms with E-state index in [1.807, 2.05) is 0 Å². The van der Waals surface area contributed by atoms with Crippen molar-refractivity contribution in [3.05, 3.63) is 35.5 Å². The third-order valence-electron chi connectivity index (χ3n) is 3.51. The second-order valence-electron chi connectivity index (χ2n) is 9.12. The average molecular weight is 301 g/mol. The molecule has 1 aliphatic carbocycles. The fraction of sp³-hybridized carbons (Fsp3) is 0.600. The molecule has 0 aromatic heterocycles. The largest absolute Gasteiger partial charge is 0.131 e. The van der Waals surface area contributed by atoms with Gasteiger partial charge in [-0.2, -0.15) is 0 Å². The molecule has 0 atom stereocenters. The molecule has 0 aromatic rings. The van der Waals surface area contributed by atoms with Gasteiger partial charge in [0.2, 0.25) is 0 Å². The van der Waals surface area contributed by atoms with E-state index in [1.54, 1.807) is 0 Å². The van der Waals surface area contributed by atoms with Crippen molar-refractivity contribution in [2.45, 2.75) is 61.2 Å². The van der Waals surface area contributed by atoms with Gasteiger partial charge in [0, 0.05) is 0 Å². The standard InChI is InChI=1S/C20H32Si/c1-19(2,3)17-10-11-18(20(4,5)6)15-16(14-17)12-13-21(7,8)9/h10-11,14-16H,1-9H3. The Balaban J connectivity index is 3.29. The Hall–Kier alpha value is -1.00. The van der Waals surface area contributed by atoms with Crippen molar-refractivity contribution < 1.29 is 0 Å². The minimum atomic E-state index is -1.33. The maximum absolute atomic E-state index is 3.54. The Morgan fingerprint density at radius 2 is 1.19 bits per heavy atom. The number of hydrogen-bond donors (Lipinski definition) is 0. The van der Waals surface area contributed by atoms with Crippen LogP contribution in [0, 0.1) is 28.2 Å². The van der Waals surface area contributed by atoms with Gasteiger partial charge in [0.15, 0.2) is 0 Å². The molecule has 1 rings (SSSR count). The molecule has 21 heavy (non-hydrogen) atoms. The van der Waals surface area contributed by atoms with Gasteiger partial charge in [0.05, 0.1) is 5.92 Å². The van der Waals surface area contributed by atoms with Crippen molar-refractivity contribution in [2.24, 2.45) is 16.7 Å². The zero-order valence-corrected chi connectivity index (χ0v) is 16.4. The molecule has 0 heterocycles. The summed E-state index contributed by atoms with van der Waals surface area (Å²) in [5, 5.41) is 0. The Bertz CT molecular complexity index is 492. The molecule has 0 amide bonds. The molecule has 0 aliphatic heterocycles. The molecule has 0 aromatic carbocycles. The smallest absolute Gasteiger partial charge is 0.129 e. The molecule has 0 radical (unpaired) electrons. The Labute approximate surface area is 133 Å². The lowest BCUT2D eigenvalue weighted by molar-refractivity contribution is 0.512. The van der Waals surface area contributed by atoms with Crippen LogP contribution >= 0.6 is 0 Å². The van der Waals surface area contributed by atoms with E-state index in [-0.39, 0.29) is 16.7 Å². The number of hydrogen-bond acceptors (Lipinski definition) is 0. The molecular weight excluding hydrogens is 268 g/mol. The predicted molar refractivity (Wildman–Crippen MR) is 98.8 cm³/mol. The maximum atomic E-state index is 3.54. The van der Waals surface area contributed by atoms with Crippen LogP contribution in [0.5, 0.6) is 0 Å². The zero-order chi connectivity index (χ0) is 16.5. The SMILES string of the molecule is CC(C)(C)C1=CC(C#C[Si](C)(C)C)C=C(C(C)(C)C)C=C1. The summed E-state index contributed by atoms with van der Waals surface area (Å²) in [6.45, 7) is 20.5. The molecule has 0 saturated heterocycles. The van der Waals surface area contributed by atoms with Gasteiger partial charge in [-0.05, 0) is 22.0 Å². The van der Waals surface area contributed by atoms with Crippen LogP contribution in [-0.2, 0) is 0 Å². The van der Waals surface area contributed by atoms with Crippen molar-refractivity contribution in [3.8, 4) is 11.5 Å². The average Bonchev–Trinajstić information content (AvgIpc) is 2.46. The predicted octanol–water partition coefficient (Wildman–Crippen LogP) is 6.00. The quantitative estimate of drug-likeness (QED) is 0.380. The van der Waals surface area contributed by atoms with Crippen LogP contribution in [0.4, 0.5) is 0 Å². The molecule has 0 N–H and O–H groups in total. The summed E-state index contributed by atoms with van der Waals surface area (Å²) in [5.41, 5.74) is 6.63. The first-order valence-corrected chi connectivity index (χ1v) is 11.4. The van der Waals surface area contributed by atoms with Crippen LogP contribution in [-0.4, -0.2) is 8.07 Å². The summed E-state index contributed by atoms with van der Waals surface area (Å²) in [4.78, 5) is 0. The molecule has 0 bridgehead atoms. The molecule has 1 aliphatic rings. The molecule has 116 valence electrons. The lowest BCUT2D eigenvalue weighted by atomic mass is 9.84. The van der Waals surface area contributed by atoms with Gasteiger partial charge in [0.25, 0.3) is 0 Å². The Morgan fingerprint density at radius 1 is 0.810 bits per heavy atom. The monoisotopic (exact) mass is 300 g/mol. The van der Waals surface area contributed by atoms with Crippen molar-refractivity contribution in [3.63, 3.8) is 0 Å². The van der Waals surface area contributed by atoms with E-state index in [0.29, 0.717) is 0 Å². The molecule has 0 fully saturated rings. The van der Waals surface area contributed by atoms with E-state index in [1.165, 1.54) is 11.1 Å². The van der Waals surface area contributed by atoms with Crippen LogP contribution in [0.3, 0.4) is 0 Å². The van der Waals surface area contributed by atoms with E-state index in [4.69, 9.17) is 0 Å². The molecule has 0 unspecified atom stereocenters. The van der Waals surface area contributed by atoms with Crippen LogP contribution < -0.4 is 0 Å². The highest BCUT2D eigenvalue weighted by Gasteiger charge is 2.22. The lowest BCUT2D eigenvalue weighted by Gasteiger charge is -2.21. The fourth-order valence-electron chi connectivity index (χ4n) is 2.11. The van der Waals surface area contributed by atoms with Gasteiger partial charge in [-0.15, -0.1) is 5.54 Å². The minimum absolute atomic E-state index is 0.163. The van der Waals surface area contributed by atoms with Crippen molar-refractivity contribution >= 4 is 8.07 Å². The van der Waals surface area contributed by atoms with E-state index in [9.17, 15) is 0 Å². The highest BCUT2D eigenvalue weighted by atomic mass is 28.3. The first kappa shape index (κ1) is 18.0. The zero-order valence-electron chi connectivity index (χ0n) is 15.4. The minimum Gasteiger partial charge on any atom is -0.131 e. The third-order valence-corrected chi connectivity index (χ3v) is 4.40. The van der Waals surface area contributed by atoms with Crippen LogP contribution in [0.2, 0.25) is 19.6 Å². The Kier molecular flexibility index (Phi) is 5.16. The first-order valence-electron chi connectivity index (χ1n) is 7.94. The van der Waals surface area contributed by atoms with Crippen LogP contribution in [0.15, 0.2) is 35.5 Å². The summed E-state index contributed by atoms with van der Waals surface area (Å²) in [7, 11) is -1.33. The van der Waals surface area contributed by atoms with Gasteiger partial charge in [-0.3, -0.25) is 0 Å². The molecule has 0 saturated carbocycles. The summed E-state index contributed by atoms with van der Waals surface area (Å²) in [5.74, 6) is 3.76. The third kappa shape index (κ3) is 6.10. The van der Waals surface area contributed by atoms with E-state index >= 15 is 0 Å². The summed E-state index contributed by atoms with van der Waals surface area (Å²) in [6.07, 6.45) is 9.27. The van der Waals surface area contributed by atoms with Gasteiger partial charge < -0.3 is 0 Å². The van der Waals surface area contributed by atoms with Crippen LogP contribution in [0.25, 0.3) is 0 Å². The number of allylic oxidation sites excluding steroid dienone is 6. The van der Waals surface area contributed by atoms with Gasteiger partial charge >= 0.3 is 0 Å². The second-order valence-corrected chi connectivity index (χ2v) is 13.9. The highest BCUT2D eigenvalue weighted by Crippen LogP contribution is 2.34. The highest BCUT2D eigenvalue weighted by molar-refractivity contribution is 6.83. The van der Waals surface area contributed by atoms with Gasteiger partial charge in [0.1, 0.15) is 8.07 Å². The van der Waals surface area contributed by atoms with Gasteiger partial charge in [-0.25, -0.2) is 0 Å². The molecular formula is C20H32Si. The van der Waals surface area contributed by atoms with Crippen molar-refractivity contribution in [1.82, 2.24) is 0 Å². The van der Waals surface area contributed by atoms with Crippen molar-refractivity contribution in [1.29, 1.82) is 0 Å². The van der Waals surface area contributed by atoms with E-state index in [0.717, 1.165) is 0 Å².